The van der Waals surface area contributed by atoms with E-state index in [2.05, 4.69) is 31.5 Å². The lowest BCUT2D eigenvalue weighted by Gasteiger charge is -2.08. The van der Waals surface area contributed by atoms with Crippen molar-refractivity contribution in [3.05, 3.63) is 52.3 Å². The molecule has 2 N–H and O–H groups in total. The summed E-state index contributed by atoms with van der Waals surface area (Å²) < 4.78 is 24.4. The minimum Gasteiger partial charge on any atom is -0.497 e. The molecule has 0 saturated carbocycles. The van der Waals surface area contributed by atoms with Crippen LogP contribution in [0.25, 0.3) is 11.1 Å². The van der Waals surface area contributed by atoms with E-state index in [0.29, 0.717) is 52.4 Å². The molecule has 0 aliphatic heterocycles. The Labute approximate surface area is 157 Å². The number of benzene rings is 2. The van der Waals surface area contributed by atoms with E-state index in [0.717, 1.165) is 0 Å². The van der Waals surface area contributed by atoms with Crippen molar-refractivity contribution in [1.29, 1.82) is 0 Å². The second kappa shape index (κ2) is 8.18. The summed E-state index contributed by atoms with van der Waals surface area (Å²) in [5.74, 6) is 0.0734. The molecule has 0 bridgehead atoms. The number of hydrogen-bond donors (Lipinski definition) is 2. The van der Waals surface area contributed by atoms with Crippen molar-refractivity contribution in [3.63, 3.8) is 0 Å². The summed E-state index contributed by atoms with van der Waals surface area (Å²) in [6.45, 7) is 1.03. The van der Waals surface area contributed by atoms with Gasteiger partial charge in [-0.1, -0.05) is 0 Å². The molecule has 26 heavy (non-hydrogen) atoms. The molecule has 0 atom stereocenters. The number of fused-ring (bicyclic) bond motifs is 1. The predicted octanol–water partition coefficient (Wildman–Crippen LogP) is 3.97. The fourth-order valence-electron chi connectivity index (χ4n) is 2.36. The number of hydrogen-bond acceptors (Lipinski definition) is 5. The Bertz CT molecular complexity index is 929. The first-order valence-corrected chi connectivity index (χ1v) is 8.78. The Hall–Kier alpha value is -2.61. The van der Waals surface area contributed by atoms with Crippen molar-refractivity contribution in [2.45, 2.75) is 6.42 Å². The average molecular weight is 422 g/mol. The molecule has 0 aliphatic carbocycles. The lowest BCUT2D eigenvalue weighted by atomic mass is 10.2. The quantitative estimate of drug-likeness (QED) is 0.564. The van der Waals surface area contributed by atoms with Crippen LogP contribution >= 0.6 is 15.9 Å². The normalized spacial score (nSPS) is 10.7. The van der Waals surface area contributed by atoms with Gasteiger partial charge in [0.15, 0.2) is 5.58 Å². The van der Waals surface area contributed by atoms with Crippen molar-refractivity contribution >= 4 is 39.0 Å². The van der Waals surface area contributed by atoms with Gasteiger partial charge in [-0.3, -0.25) is 4.79 Å². The van der Waals surface area contributed by atoms with Gasteiger partial charge in [-0.15, -0.1) is 0 Å². The Kier molecular flexibility index (Phi) is 5.72. The first kappa shape index (κ1) is 18.2. The van der Waals surface area contributed by atoms with E-state index in [1.165, 1.54) is 18.2 Å². The van der Waals surface area contributed by atoms with Crippen molar-refractivity contribution in [2.75, 3.05) is 25.5 Å². The van der Waals surface area contributed by atoms with Gasteiger partial charge in [-0.25, -0.2) is 4.39 Å². The number of oxazole rings is 1. The van der Waals surface area contributed by atoms with E-state index < -0.39 is 0 Å². The molecular formula is C18H17BrFN3O3. The summed E-state index contributed by atoms with van der Waals surface area (Å²) in [5.41, 5.74) is 1.49. The van der Waals surface area contributed by atoms with Crippen molar-refractivity contribution < 1.29 is 18.3 Å². The van der Waals surface area contributed by atoms with Gasteiger partial charge in [0.05, 0.1) is 12.7 Å². The fraction of sp³-hybridized carbons (Fsp3) is 0.222. The second-order valence-corrected chi connectivity index (χ2v) is 6.37. The Morgan fingerprint density at radius 2 is 2.12 bits per heavy atom. The standard InChI is InChI=1S/C18H17BrFN3O3/c1-25-12-4-5-14(19)13(10-12)17(24)21-7-2-8-22-18-23-15-9-11(20)3-6-16(15)26-18/h3-6,9-10H,2,7-8H2,1H3,(H,21,24)(H,22,23). The minimum atomic E-state index is -0.358. The second-order valence-electron chi connectivity index (χ2n) is 5.51. The highest BCUT2D eigenvalue weighted by atomic mass is 79.9. The third kappa shape index (κ3) is 4.32. The molecule has 0 unspecified atom stereocenters. The van der Waals surface area contributed by atoms with Gasteiger partial charge < -0.3 is 19.8 Å². The summed E-state index contributed by atoms with van der Waals surface area (Å²) in [4.78, 5) is 16.4. The number of anilines is 1. The molecule has 3 aromatic rings. The highest BCUT2D eigenvalue weighted by Crippen LogP contribution is 2.22. The van der Waals surface area contributed by atoms with Crippen LogP contribution in [0.5, 0.6) is 5.75 Å². The maximum atomic E-state index is 13.1. The van der Waals surface area contributed by atoms with E-state index in [9.17, 15) is 9.18 Å². The van der Waals surface area contributed by atoms with Crippen LogP contribution < -0.4 is 15.4 Å². The van der Waals surface area contributed by atoms with Crippen LogP contribution in [0, 0.1) is 5.82 Å². The summed E-state index contributed by atoms with van der Waals surface area (Å²) in [6.07, 6.45) is 0.667. The molecule has 3 rings (SSSR count). The van der Waals surface area contributed by atoms with Crippen LogP contribution in [0.3, 0.4) is 0 Å². The van der Waals surface area contributed by atoms with Gasteiger partial charge in [0, 0.05) is 23.6 Å². The maximum Gasteiger partial charge on any atom is 0.295 e. The van der Waals surface area contributed by atoms with Gasteiger partial charge in [0.25, 0.3) is 11.9 Å². The molecule has 0 radical (unpaired) electrons. The van der Waals surface area contributed by atoms with Crippen molar-refractivity contribution in [2.24, 2.45) is 0 Å². The van der Waals surface area contributed by atoms with E-state index in [1.807, 2.05) is 0 Å². The number of methoxy groups -OCH3 is 1. The maximum absolute atomic E-state index is 13.1. The number of carbonyl (C=O) groups is 1. The number of nitrogens with zero attached hydrogens (tertiary/aromatic N) is 1. The minimum absolute atomic E-state index is 0.187. The van der Waals surface area contributed by atoms with Crippen molar-refractivity contribution in [1.82, 2.24) is 10.3 Å². The predicted molar refractivity (Wildman–Crippen MR) is 100 cm³/mol. The highest BCUT2D eigenvalue weighted by Gasteiger charge is 2.11. The Morgan fingerprint density at radius 3 is 2.92 bits per heavy atom. The molecular weight excluding hydrogens is 405 g/mol. The molecule has 1 amide bonds. The third-order valence-electron chi connectivity index (χ3n) is 3.68. The summed E-state index contributed by atoms with van der Waals surface area (Å²) in [5, 5.41) is 5.86. The number of carbonyl (C=O) groups excluding carboxylic acids is 1. The van der Waals surface area contributed by atoms with Gasteiger partial charge in [0.2, 0.25) is 0 Å². The van der Waals surface area contributed by atoms with Crippen LogP contribution in [0.4, 0.5) is 10.4 Å². The third-order valence-corrected chi connectivity index (χ3v) is 4.37. The smallest absolute Gasteiger partial charge is 0.295 e. The first-order valence-electron chi connectivity index (χ1n) is 7.98. The SMILES string of the molecule is COc1ccc(Br)c(C(=O)NCCCNc2nc3cc(F)ccc3o2)c1. The zero-order valence-electron chi connectivity index (χ0n) is 14.0. The van der Waals surface area contributed by atoms with Gasteiger partial charge in [0.1, 0.15) is 17.1 Å². The molecule has 6 nitrogen and oxygen atoms in total. The van der Waals surface area contributed by atoms with E-state index in [-0.39, 0.29) is 11.7 Å². The number of aromatic nitrogens is 1. The number of nitrogens with one attached hydrogen (secondary N) is 2. The lowest BCUT2D eigenvalue weighted by molar-refractivity contribution is 0.0952. The molecule has 0 aliphatic rings. The largest absolute Gasteiger partial charge is 0.497 e. The number of halogens is 2. The van der Waals surface area contributed by atoms with E-state index >= 15 is 0 Å². The lowest BCUT2D eigenvalue weighted by Crippen LogP contribution is -2.26. The number of amides is 1. The van der Waals surface area contributed by atoms with Gasteiger partial charge in [-0.05, 0) is 52.7 Å². The van der Waals surface area contributed by atoms with E-state index in [1.54, 1.807) is 25.3 Å². The van der Waals surface area contributed by atoms with E-state index in [4.69, 9.17) is 9.15 Å². The molecule has 0 spiro atoms. The van der Waals surface area contributed by atoms with Crippen molar-refractivity contribution in [3.8, 4) is 5.75 Å². The average Bonchev–Trinajstić information content (AvgIpc) is 3.03. The Balaban J connectivity index is 1.47. The van der Waals surface area contributed by atoms with Crippen LogP contribution in [0.2, 0.25) is 0 Å². The summed E-state index contributed by atoms with van der Waals surface area (Å²) in [6, 6.07) is 9.72. The van der Waals surface area contributed by atoms with Crippen LogP contribution in [-0.4, -0.2) is 31.1 Å². The molecule has 1 aromatic heterocycles. The fourth-order valence-corrected chi connectivity index (χ4v) is 2.79. The Morgan fingerprint density at radius 1 is 1.27 bits per heavy atom. The zero-order chi connectivity index (χ0) is 18.5. The molecule has 136 valence electrons. The van der Waals surface area contributed by atoms with Crippen LogP contribution in [-0.2, 0) is 0 Å². The molecule has 2 aromatic carbocycles. The first-order chi connectivity index (χ1) is 12.6. The molecule has 8 heteroatoms. The highest BCUT2D eigenvalue weighted by molar-refractivity contribution is 9.10. The van der Waals surface area contributed by atoms with Crippen LogP contribution in [0.15, 0.2) is 45.3 Å². The molecule has 1 heterocycles. The molecule has 0 fully saturated rings. The zero-order valence-corrected chi connectivity index (χ0v) is 15.6. The summed E-state index contributed by atoms with van der Waals surface area (Å²) >= 11 is 3.36. The number of ether oxygens (including phenoxy) is 1. The monoisotopic (exact) mass is 421 g/mol. The summed E-state index contributed by atoms with van der Waals surface area (Å²) in [7, 11) is 1.55. The van der Waals surface area contributed by atoms with Gasteiger partial charge in [-0.2, -0.15) is 4.98 Å². The number of rotatable bonds is 7. The topological polar surface area (TPSA) is 76.4 Å². The molecule has 0 saturated heterocycles. The van der Waals surface area contributed by atoms with Gasteiger partial charge >= 0.3 is 0 Å². The van der Waals surface area contributed by atoms with Crippen LogP contribution in [0.1, 0.15) is 16.8 Å².